The molecule has 0 aliphatic heterocycles. The number of phenols is 1. The number of aromatic nitrogens is 1. The van der Waals surface area contributed by atoms with Crippen molar-refractivity contribution in [3.8, 4) is 17.3 Å². The SMILES string of the molecule is Cc1cc(C)cc(-n2c(O)c(C=Nc3cccc(C(=O)O)c3O)c3ccccc32)c1. The van der Waals surface area contributed by atoms with Crippen LogP contribution in [0, 0.1) is 13.8 Å². The molecule has 0 saturated carbocycles. The standard InChI is InChI=1S/C24H20N2O4/c1-14-10-15(2)12-16(11-14)26-21-9-4-3-6-17(21)19(23(26)28)13-25-20-8-5-7-18(22(20)27)24(29)30/h3-13,27-28H,1-2H3,(H,29,30). The van der Waals surface area contributed by atoms with Crippen LogP contribution >= 0.6 is 0 Å². The van der Waals surface area contributed by atoms with E-state index in [2.05, 4.69) is 11.1 Å². The Morgan fingerprint density at radius 2 is 1.67 bits per heavy atom. The molecule has 0 atom stereocenters. The number of para-hydroxylation sites is 2. The summed E-state index contributed by atoms with van der Waals surface area (Å²) in [5, 5.41) is 31.2. The van der Waals surface area contributed by atoms with E-state index in [1.165, 1.54) is 24.4 Å². The molecule has 0 fully saturated rings. The lowest BCUT2D eigenvalue weighted by atomic mass is 10.1. The number of aryl methyl sites for hydroxylation is 2. The minimum Gasteiger partial charge on any atom is -0.505 e. The highest BCUT2D eigenvalue weighted by Crippen LogP contribution is 2.35. The average molecular weight is 400 g/mol. The number of aromatic hydroxyl groups is 2. The van der Waals surface area contributed by atoms with Crippen LogP contribution in [0.5, 0.6) is 11.6 Å². The summed E-state index contributed by atoms with van der Waals surface area (Å²) in [6.07, 6.45) is 1.44. The quantitative estimate of drug-likeness (QED) is 0.415. The molecule has 3 aromatic carbocycles. The predicted molar refractivity (Wildman–Crippen MR) is 117 cm³/mol. The third-order valence-electron chi connectivity index (χ3n) is 4.93. The van der Waals surface area contributed by atoms with Crippen molar-refractivity contribution in [1.82, 2.24) is 4.57 Å². The van der Waals surface area contributed by atoms with E-state index in [0.717, 1.165) is 27.7 Å². The Hall–Kier alpha value is -4.06. The molecule has 0 amide bonds. The highest BCUT2D eigenvalue weighted by Gasteiger charge is 2.17. The zero-order valence-corrected chi connectivity index (χ0v) is 16.5. The van der Waals surface area contributed by atoms with E-state index >= 15 is 0 Å². The molecule has 1 aromatic heterocycles. The smallest absolute Gasteiger partial charge is 0.339 e. The van der Waals surface area contributed by atoms with Crippen LogP contribution in [0.15, 0.2) is 65.7 Å². The zero-order chi connectivity index (χ0) is 21.4. The largest absolute Gasteiger partial charge is 0.505 e. The molecule has 0 aliphatic rings. The fourth-order valence-electron chi connectivity index (χ4n) is 3.66. The van der Waals surface area contributed by atoms with E-state index in [0.29, 0.717) is 5.56 Å². The molecule has 0 radical (unpaired) electrons. The number of nitrogens with zero attached hydrogens (tertiary/aromatic N) is 2. The summed E-state index contributed by atoms with van der Waals surface area (Å²) in [5.74, 6) is -1.64. The summed E-state index contributed by atoms with van der Waals surface area (Å²) < 4.78 is 1.75. The van der Waals surface area contributed by atoms with Crippen molar-refractivity contribution in [1.29, 1.82) is 0 Å². The number of aliphatic imine (C=N–C) groups is 1. The van der Waals surface area contributed by atoms with Crippen LogP contribution < -0.4 is 0 Å². The Bertz CT molecular complexity index is 1300. The molecule has 30 heavy (non-hydrogen) atoms. The first-order valence-electron chi connectivity index (χ1n) is 9.37. The molecule has 0 aliphatic carbocycles. The van der Waals surface area contributed by atoms with Gasteiger partial charge in [0.15, 0.2) is 5.75 Å². The van der Waals surface area contributed by atoms with Crippen molar-refractivity contribution in [2.75, 3.05) is 0 Å². The highest BCUT2D eigenvalue weighted by atomic mass is 16.4. The van der Waals surface area contributed by atoms with Crippen molar-refractivity contribution in [2.45, 2.75) is 13.8 Å². The molecule has 4 aromatic rings. The van der Waals surface area contributed by atoms with E-state index in [1.807, 2.05) is 50.2 Å². The second kappa shape index (κ2) is 7.40. The average Bonchev–Trinajstić information content (AvgIpc) is 2.97. The topological polar surface area (TPSA) is 95.0 Å². The highest BCUT2D eigenvalue weighted by molar-refractivity contribution is 6.04. The van der Waals surface area contributed by atoms with E-state index < -0.39 is 11.7 Å². The maximum Gasteiger partial charge on any atom is 0.339 e. The third-order valence-corrected chi connectivity index (χ3v) is 4.93. The molecule has 6 heteroatoms. The number of benzene rings is 3. The molecule has 0 spiro atoms. The summed E-state index contributed by atoms with van der Waals surface area (Å²) >= 11 is 0. The first kappa shape index (κ1) is 19.3. The Labute approximate surface area is 173 Å². The van der Waals surface area contributed by atoms with Crippen LogP contribution in [0.4, 0.5) is 5.69 Å². The van der Waals surface area contributed by atoms with Crippen molar-refractivity contribution < 1.29 is 20.1 Å². The number of hydrogen-bond donors (Lipinski definition) is 3. The third kappa shape index (κ3) is 3.28. The van der Waals surface area contributed by atoms with Crippen LogP contribution in [-0.2, 0) is 0 Å². The molecule has 6 nitrogen and oxygen atoms in total. The van der Waals surface area contributed by atoms with Gasteiger partial charge in [-0.25, -0.2) is 4.79 Å². The maximum absolute atomic E-state index is 11.2. The van der Waals surface area contributed by atoms with Crippen LogP contribution in [-0.4, -0.2) is 32.1 Å². The number of carboxylic acid groups (broad SMARTS) is 1. The number of carboxylic acids is 1. The summed E-state index contributed by atoms with van der Waals surface area (Å²) in [4.78, 5) is 15.5. The van der Waals surface area contributed by atoms with Crippen molar-refractivity contribution in [3.63, 3.8) is 0 Å². The summed E-state index contributed by atoms with van der Waals surface area (Å²) in [6.45, 7) is 4.00. The minimum absolute atomic E-state index is 0.0128. The van der Waals surface area contributed by atoms with Crippen LogP contribution in [0.2, 0.25) is 0 Å². The monoisotopic (exact) mass is 400 g/mol. The summed E-state index contributed by atoms with van der Waals surface area (Å²) in [7, 11) is 0. The molecule has 3 N–H and O–H groups in total. The molecule has 0 unspecified atom stereocenters. The molecular formula is C24H20N2O4. The summed E-state index contributed by atoms with van der Waals surface area (Å²) in [6, 6.07) is 17.9. The molecule has 0 saturated heterocycles. The van der Waals surface area contributed by atoms with Gasteiger partial charge in [0.1, 0.15) is 11.3 Å². The van der Waals surface area contributed by atoms with Gasteiger partial charge in [-0.15, -0.1) is 0 Å². The lowest BCUT2D eigenvalue weighted by molar-refractivity contribution is 0.0694. The second-order valence-corrected chi connectivity index (χ2v) is 7.17. The first-order valence-corrected chi connectivity index (χ1v) is 9.37. The summed E-state index contributed by atoms with van der Waals surface area (Å²) in [5.41, 5.74) is 4.15. The number of aromatic carboxylic acids is 1. The predicted octanol–water partition coefficient (Wildman–Crippen LogP) is 5.11. The number of fused-ring (bicyclic) bond motifs is 1. The van der Waals surface area contributed by atoms with Gasteiger partial charge < -0.3 is 15.3 Å². The number of carbonyl (C=O) groups is 1. The van der Waals surface area contributed by atoms with Crippen molar-refractivity contribution in [3.05, 3.63) is 82.9 Å². The van der Waals surface area contributed by atoms with Gasteiger partial charge in [0.25, 0.3) is 0 Å². The molecular weight excluding hydrogens is 380 g/mol. The Balaban J connectivity index is 1.89. The van der Waals surface area contributed by atoms with Crippen LogP contribution in [0.1, 0.15) is 27.0 Å². The van der Waals surface area contributed by atoms with E-state index in [4.69, 9.17) is 0 Å². The lowest BCUT2D eigenvalue weighted by Gasteiger charge is -2.09. The minimum atomic E-state index is -1.24. The van der Waals surface area contributed by atoms with Gasteiger partial charge in [-0.3, -0.25) is 9.56 Å². The molecule has 4 rings (SSSR count). The van der Waals surface area contributed by atoms with Gasteiger partial charge in [0.05, 0.1) is 11.1 Å². The van der Waals surface area contributed by atoms with Crippen molar-refractivity contribution in [2.24, 2.45) is 4.99 Å². The number of hydrogen-bond acceptors (Lipinski definition) is 4. The maximum atomic E-state index is 11.2. The number of rotatable bonds is 4. The van der Waals surface area contributed by atoms with Crippen molar-refractivity contribution >= 4 is 28.8 Å². The fourth-order valence-corrected chi connectivity index (χ4v) is 3.66. The molecule has 150 valence electrons. The second-order valence-electron chi connectivity index (χ2n) is 7.17. The zero-order valence-electron chi connectivity index (χ0n) is 16.5. The molecule has 0 bridgehead atoms. The lowest BCUT2D eigenvalue weighted by Crippen LogP contribution is -1.96. The van der Waals surface area contributed by atoms with Gasteiger partial charge in [-0.2, -0.15) is 0 Å². The normalized spacial score (nSPS) is 11.4. The van der Waals surface area contributed by atoms with E-state index in [1.54, 1.807) is 4.57 Å². The fraction of sp³-hybridized carbons (Fsp3) is 0.0833. The van der Waals surface area contributed by atoms with Gasteiger partial charge in [-0.05, 0) is 55.3 Å². The first-order chi connectivity index (χ1) is 14.4. The van der Waals surface area contributed by atoms with Gasteiger partial charge in [0.2, 0.25) is 5.88 Å². The Morgan fingerprint density at radius 3 is 2.37 bits per heavy atom. The Kier molecular flexibility index (Phi) is 4.75. The van der Waals surface area contributed by atoms with Gasteiger partial charge in [-0.1, -0.05) is 30.3 Å². The van der Waals surface area contributed by atoms with E-state index in [9.17, 15) is 20.1 Å². The van der Waals surface area contributed by atoms with Crippen LogP contribution in [0.3, 0.4) is 0 Å². The Morgan fingerprint density at radius 1 is 0.967 bits per heavy atom. The van der Waals surface area contributed by atoms with E-state index in [-0.39, 0.29) is 17.1 Å². The van der Waals surface area contributed by atoms with Gasteiger partial charge in [0, 0.05) is 17.3 Å². The van der Waals surface area contributed by atoms with Gasteiger partial charge >= 0.3 is 5.97 Å². The van der Waals surface area contributed by atoms with Crippen LogP contribution in [0.25, 0.3) is 16.6 Å². The molecule has 1 heterocycles.